The number of hydrogen-bond acceptors (Lipinski definition) is 3. The summed E-state index contributed by atoms with van der Waals surface area (Å²) in [7, 11) is 1.47. The highest BCUT2D eigenvalue weighted by molar-refractivity contribution is 5.20. The van der Waals surface area contributed by atoms with Gasteiger partial charge in [-0.05, 0) is 33.6 Å². The average molecular weight is 211 g/mol. The van der Waals surface area contributed by atoms with Gasteiger partial charge >= 0.3 is 0 Å². The molecule has 1 N–H and O–H groups in total. The highest BCUT2D eigenvalue weighted by Gasteiger charge is 2.27. The van der Waals surface area contributed by atoms with Gasteiger partial charge in [-0.2, -0.15) is 0 Å². The molecule has 0 unspecified atom stereocenters. The third-order valence-corrected chi connectivity index (χ3v) is 3.03. The third kappa shape index (κ3) is 2.67. The molecule has 1 fully saturated rings. The summed E-state index contributed by atoms with van der Waals surface area (Å²) in [5.74, 6) is -0.0330. The lowest BCUT2D eigenvalue weighted by molar-refractivity contribution is 0.134. The van der Waals surface area contributed by atoms with Crippen molar-refractivity contribution in [1.29, 1.82) is 0 Å². The summed E-state index contributed by atoms with van der Waals surface area (Å²) >= 11 is 0. The maximum atomic E-state index is 9.36. The number of methoxy groups -OCH3 is 1. The quantitative estimate of drug-likeness (QED) is 0.575. The number of likely N-dealkylation sites (tertiary alicyclic amines) is 1. The van der Waals surface area contributed by atoms with Gasteiger partial charge in [-0.25, -0.2) is 0 Å². The van der Waals surface area contributed by atoms with Gasteiger partial charge in [0.15, 0.2) is 0 Å². The molecule has 1 aliphatic rings. The van der Waals surface area contributed by atoms with Gasteiger partial charge in [-0.3, -0.25) is 0 Å². The number of aliphatic hydroxyl groups excluding tert-OH is 1. The molecule has 3 heteroatoms. The SMILES string of the molecule is C/C=C(/C=C(/O)OC)N1[C@@H](C)CC[C@@H]1C. The zero-order valence-electron chi connectivity index (χ0n) is 10.0. The van der Waals surface area contributed by atoms with Gasteiger partial charge in [0.2, 0.25) is 0 Å². The Morgan fingerprint density at radius 2 is 1.87 bits per heavy atom. The van der Waals surface area contributed by atoms with Crippen LogP contribution < -0.4 is 0 Å². The molecule has 1 saturated heterocycles. The lowest BCUT2D eigenvalue weighted by Crippen LogP contribution is -2.31. The van der Waals surface area contributed by atoms with Gasteiger partial charge in [0, 0.05) is 23.9 Å². The highest BCUT2D eigenvalue weighted by atomic mass is 16.6. The molecule has 1 rings (SSSR count). The van der Waals surface area contributed by atoms with Crippen LogP contribution in [-0.4, -0.2) is 29.2 Å². The third-order valence-electron chi connectivity index (χ3n) is 3.03. The lowest BCUT2D eigenvalue weighted by atomic mass is 10.2. The van der Waals surface area contributed by atoms with Crippen molar-refractivity contribution in [2.45, 2.75) is 45.7 Å². The second-order valence-electron chi connectivity index (χ2n) is 4.08. The molecular formula is C12H21NO2. The number of nitrogens with zero attached hydrogens (tertiary/aromatic N) is 1. The molecule has 2 atom stereocenters. The monoisotopic (exact) mass is 211 g/mol. The van der Waals surface area contributed by atoms with Crippen molar-refractivity contribution in [2.75, 3.05) is 7.11 Å². The Kier molecular flexibility index (Phi) is 4.06. The van der Waals surface area contributed by atoms with E-state index in [1.54, 1.807) is 6.08 Å². The van der Waals surface area contributed by atoms with E-state index < -0.39 is 0 Å². The fraction of sp³-hybridized carbons (Fsp3) is 0.667. The van der Waals surface area contributed by atoms with Crippen molar-refractivity contribution < 1.29 is 9.84 Å². The molecule has 0 aromatic rings. The normalized spacial score (nSPS) is 28.4. The second-order valence-corrected chi connectivity index (χ2v) is 4.08. The number of hydrogen-bond donors (Lipinski definition) is 1. The molecule has 0 amide bonds. The van der Waals surface area contributed by atoms with E-state index in [9.17, 15) is 5.11 Å². The van der Waals surface area contributed by atoms with Crippen molar-refractivity contribution >= 4 is 0 Å². The number of rotatable bonds is 3. The molecule has 86 valence electrons. The molecular weight excluding hydrogens is 190 g/mol. The van der Waals surface area contributed by atoms with Crippen LogP contribution in [0.3, 0.4) is 0 Å². The van der Waals surface area contributed by atoms with Crippen LogP contribution in [0.15, 0.2) is 23.8 Å². The molecule has 3 nitrogen and oxygen atoms in total. The van der Waals surface area contributed by atoms with Crippen molar-refractivity contribution in [2.24, 2.45) is 0 Å². The van der Waals surface area contributed by atoms with E-state index in [2.05, 4.69) is 18.7 Å². The Morgan fingerprint density at radius 3 is 2.27 bits per heavy atom. The molecule has 0 radical (unpaired) electrons. The minimum Gasteiger partial charge on any atom is -0.481 e. The first-order valence-electron chi connectivity index (χ1n) is 5.49. The van der Waals surface area contributed by atoms with Crippen LogP contribution in [0.25, 0.3) is 0 Å². The van der Waals surface area contributed by atoms with Crippen molar-refractivity contribution in [3.8, 4) is 0 Å². The fourth-order valence-electron chi connectivity index (χ4n) is 2.20. The van der Waals surface area contributed by atoms with E-state index in [4.69, 9.17) is 4.74 Å². The minimum absolute atomic E-state index is 0.0330. The van der Waals surface area contributed by atoms with Gasteiger partial charge in [-0.15, -0.1) is 0 Å². The summed E-state index contributed by atoms with van der Waals surface area (Å²) in [5.41, 5.74) is 1.03. The highest BCUT2D eigenvalue weighted by Crippen LogP contribution is 2.28. The molecule has 0 saturated carbocycles. The van der Waals surface area contributed by atoms with Gasteiger partial charge in [0.1, 0.15) is 0 Å². The summed E-state index contributed by atoms with van der Waals surface area (Å²) in [6.45, 7) is 6.40. The summed E-state index contributed by atoms with van der Waals surface area (Å²) in [6.07, 6.45) is 6.10. The van der Waals surface area contributed by atoms with Gasteiger partial charge in [0.05, 0.1) is 7.11 Å². The van der Waals surface area contributed by atoms with Crippen molar-refractivity contribution in [3.05, 3.63) is 23.8 Å². The molecule has 15 heavy (non-hydrogen) atoms. The number of allylic oxidation sites excluding steroid dienone is 2. The van der Waals surface area contributed by atoms with Crippen LogP contribution in [0.1, 0.15) is 33.6 Å². The zero-order valence-corrected chi connectivity index (χ0v) is 10.0. The fourth-order valence-corrected chi connectivity index (χ4v) is 2.20. The Labute approximate surface area is 92.0 Å². The van der Waals surface area contributed by atoms with E-state index in [0.717, 1.165) is 5.70 Å². The Hall–Kier alpha value is -1.12. The zero-order chi connectivity index (χ0) is 11.4. The largest absolute Gasteiger partial charge is 0.481 e. The minimum atomic E-state index is -0.0330. The van der Waals surface area contributed by atoms with E-state index in [0.29, 0.717) is 12.1 Å². The average Bonchev–Trinajstić information content (AvgIpc) is 2.55. The van der Waals surface area contributed by atoms with E-state index in [-0.39, 0.29) is 5.95 Å². The standard InChI is InChI=1S/C12H21NO2/c1-5-11(8-12(14)15-4)13-9(2)6-7-10(13)3/h5,8-10,14H,6-7H2,1-4H3/b11-5-,12-8-/t9-,10-/m0/s1. The van der Waals surface area contributed by atoms with E-state index in [1.165, 1.54) is 20.0 Å². The van der Waals surface area contributed by atoms with Crippen LogP contribution in [-0.2, 0) is 4.74 Å². The molecule has 0 aromatic carbocycles. The summed E-state index contributed by atoms with van der Waals surface area (Å²) in [5, 5.41) is 9.36. The van der Waals surface area contributed by atoms with Crippen LogP contribution >= 0.6 is 0 Å². The molecule has 0 aromatic heterocycles. The van der Waals surface area contributed by atoms with Crippen molar-refractivity contribution in [1.82, 2.24) is 4.90 Å². The summed E-state index contributed by atoms with van der Waals surface area (Å²) < 4.78 is 4.76. The lowest BCUT2D eigenvalue weighted by Gasteiger charge is -2.29. The molecule has 0 bridgehead atoms. The van der Waals surface area contributed by atoms with Crippen LogP contribution in [0.4, 0.5) is 0 Å². The van der Waals surface area contributed by atoms with E-state index in [1.807, 2.05) is 13.0 Å². The first-order valence-corrected chi connectivity index (χ1v) is 5.49. The van der Waals surface area contributed by atoms with Gasteiger partial charge in [-0.1, -0.05) is 6.08 Å². The molecule has 1 aliphatic heterocycles. The molecule has 1 heterocycles. The topological polar surface area (TPSA) is 32.7 Å². The predicted molar refractivity (Wildman–Crippen MR) is 61.5 cm³/mol. The molecule has 0 aliphatic carbocycles. The van der Waals surface area contributed by atoms with E-state index >= 15 is 0 Å². The smallest absolute Gasteiger partial charge is 0.278 e. The van der Waals surface area contributed by atoms with Crippen LogP contribution in [0, 0.1) is 0 Å². The Balaban J connectivity index is 2.83. The second kappa shape index (κ2) is 5.10. The maximum absolute atomic E-state index is 9.36. The van der Waals surface area contributed by atoms with Gasteiger partial charge < -0.3 is 14.7 Å². The Morgan fingerprint density at radius 1 is 1.33 bits per heavy atom. The van der Waals surface area contributed by atoms with Crippen LogP contribution in [0.5, 0.6) is 0 Å². The van der Waals surface area contributed by atoms with Gasteiger partial charge in [0.25, 0.3) is 5.95 Å². The summed E-state index contributed by atoms with van der Waals surface area (Å²) in [4.78, 5) is 2.33. The molecule has 0 spiro atoms. The predicted octanol–water partition coefficient (Wildman–Crippen LogP) is 2.81. The first-order chi connectivity index (χ1) is 7.10. The number of ether oxygens (including phenoxy) is 1. The number of aliphatic hydroxyl groups is 1. The van der Waals surface area contributed by atoms with Crippen molar-refractivity contribution in [3.63, 3.8) is 0 Å². The van der Waals surface area contributed by atoms with Crippen LogP contribution in [0.2, 0.25) is 0 Å². The maximum Gasteiger partial charge on any atom is 0.278 e. The first kappa shape index (κ1) is 12.0. The summed E-state index contributed by atoms with van der Waals surface area (Å²) in [6, 6.07) is 1.07. The Bertz CT molecular complexity index is 261.